The molecule has 0 saturated carbocycles. The molecule has 0 unspecified atom stereocenters. The number of nitrogens with two attached hydrogens (primary N) is 1. The van der Waals surface area contributed by atoms with Crippen LogP contribution in [0.15, 0.2) is 102 Å². The number of quaternary nitrogens is 1. The van der Waals surface area contributed by atoms with Crippen LogP contribution in [-0.4, -0.2) is 97.3 Å². The minimum absolute atomic E-state index is 0.0177. The van der Waals surface area contributed by atoms with Crippen LogP contribution in [0.25, 0.3) is 22.4 Å². The second-order valence-corrected chi connectivity index (χ2v) is 20.7. The lowest BCUT2D eigenvalue weighted by Gasteiger charge is -2.31. The second kappa shape index (κ2) is 24.2. The lowest BCUT2D eigenvalue weighted by molar-refractivity contribution is -0.655. The van der Waals surface area contributed by atoms with Crippen LogP contribution >= 0.6 is 44.7 Å². The zero-order valence-corrected chi connectivity index (χ0v) is 38.6. The standard InChI is InChI=1S/C48H58N6O4S4/c55-40-21-27-52(28-22-40)38-16-11-36(12-17-38)6-5-31-59-44-9-3-1-7-42(44)51-34-46(57)49-25-32-60-61-33-26-50-47(58)35-54-43-8-2-4-10-45(43)62-48(54)20-15-37-13-18-39(19-14-37)53-29-23-41(56)24-30-53/h1-4,7-20,40-41,51,55-56H,5-6,21-35H2,(H-,49,50,57,58)/p+2. The van der Waals surface area contributed by atoms with Crippen molar-refractivity contribution in [3.8, 4) is 0 Å². The molecule has 7 rings (SSSR count). The van der Waals surface area contributed by atoms with Crippen LogP contribution in [0, 0.1) is 0 Å². The first-order chi connectivity index (χ1) is 30.4. The van der Waals surface area contributed by atoms with Gasteiger partial charge in [-0.05, 0) is 97.9 Å². The van der Waals surface area contributed by atoms with Crippen LogP contribution in [0.1, 0.15) is 48.2 Å². The van der Waals surface area contributed by atoms with Crippen LogP contribution in [0.5, 0.6) is 0 Å². The van der Waals surface area contributed by atoms with Gasteiger partial charge in [-0.2, -0.15) is 4.57 Å². The molecule has 2 amide bonds. The number of nitrogens with one attached hydrogen (secondary N) is 2. The summed E-state index contributed by atoms with van der Waals surface area (Å²) in [7, 11) is 3.41. The van der Waals surface area contributed by atoms with Crippen LogP contribution in [0.2, 0.25) is 0 Å². The fourth-order valence-corrected chi connectivity index (χ4v) is 11.6. The van der Waals surface area contributed by atoms with Crippen molar-refractivity contribution in [3.05, 3.63) is 113 Å². The summed E-state index contributed by atoms with van der Waals surface area (Å²) in [6.45, 7) is 5.35. The Balaban J connectivity index is 0.754. The third kappa shape index (κ3) is 14.0. The van der Waals surface area contributed by atoms with Crippen molar-refractivity contribution in [3.63, 3.8) is 0 Å². The average Bonchev–Trinajstić information content (AvgIpc) is 3.65. The number of anilines is 2. The Labute approximate surface area is 382 Å². The van der Waals surface area contributed by atoms with E-state index in [9.17, 15) is 19.8 Å². The molecule has 3 heterocycles. The predicted molar refractivity (Wildman–Crippen MR) is 262 cm³/mol. The van der Waals surface area contributed by atoms with Gasteiger partial charge in [-0.1, -0.05) is 81.5 Å². The summed E-state index contributed by atoms with van der Waals surface area (Å²) >= 11 is 3.53. The van der Waals surface area contributed by atoms with Crippen molar-refractivity contribution in [2.75, 3.05) is 72.9 Å². The molecule has 0 aliphatic carbocycles. The Kier molecular flexibility index (Phi) is 17.9. The molecule has 10 nitrogen and oxygen atoms in total. The molecule has 5 aromatic rings. The zero-order valence-electron chi connectivity index (χ0n) is 35.3. The Bertz CT molecular complexity index is 2200. The van der Waals surface area contributed by atoms with Crippen LogP contribution in [0.3, 0.4) is 0 Å². The number of benzene rings is 4. The molecule has 2 aliphatic rings. The van der Waals surface area contributed by atoms with Gasteiger partial charge < -0.3 is 36.0 Å². The molecule has 2 fully saturated rings. The molecule has 2 aliphatic heterocycles. The van der Waals surface area contributed by atoms with E-state index in [1.807, 2.05) is 35.3 Å². The maximum Gasteiger partial charge on any atom is 0.286 e. The number of fused-ring (bicyclic) bond motifs is 1. The number of carbonyl (C=O) groups is 2. The lowest BCUT2D eigenvalue weighted by atomic mass is 10.1. The van der Waals surface area contributed by atoms with Gasteiger partial charge in [0, 0.05) is 80.4 Å². The van der Waals surface area contributed by atoms with Gasteiger partial charge in [-0.25, -0.2) is 0 Å². The normalized spacial score (nSPS) is 15.1. The topological polar surface area (TPSA) is 126 Å². The number of thiazole rings is 1. The summed E-state index contributed by atoms with van der Waals surface area (Å²) in [6, 6.07) is 33.9. The van der Waals surface area contributed by atoms with E-state index < -0.39 is 0 Å². The number of carbonyl (C=O) groups excluding carboxylic acids is 2. The van der Waals surface area contributed by atoms with E-state index in [2.05, 4.69) is 116 Å². The third-order valence-corrected chi connectivity index (χ3v) is 16.0. The van der Waals surface area contributed by atoms with Gasteiger partial charge in [0.2, 0.25) is 12.1 Å². The Morgan fingerprint density at radius 3 is 2.00 bits per heavy atom. The van der Waals surface area contributed by atoms with E-state index in [1.54, 1.807) is 32.9 Å². The van der Waals surface area contributed by atoms with Crippen molar-refractivity contribution in [2.45, 2.75) is 62.2 Å². The number of aliphatic hydroxyl groups excluding tert-OH is 2. The lowest BCUT2D eigenvalue weighted by Crippen LogP contribution is -2.81. The molecule has 1 aromatic heterocycles. The maximum absolute atomic E-state index is 13.1. The van der Waals surface area contributed by atoms with Gasteiger partial charge in [0.05, 0.1) is 17.1 Å². The number of para-hydroxylation sites is 2. The van der Waals surface area contributed by atoms with Crippen molar-refractivity contribution >= 4 is 95.9 Å². The minimum atomic E-state index is -0.185. The van der Waals surface area contributed by atoms with Gasteiger partial charge in [-0.15, -0.1) is 11.8 Å². The van der Waals surface area contributed by atoms with Gasteiger partial charge >= 0.3 is 0 Å². The molecule has 6 N–H and O–H groups in total. The average molecular weight is 913 g/mol. The number of aryl methyl sites for hydroxylation is 1. The Hall–Kier alpha value is -4.02. The van der Waals surface area contributed by atoms with E-state index in [4.69, 9.17) is 0 Å². The van der Waals surface area contributed by atoms with E-state index in [0.29, 0.717) is 19.6 Å². The number of aromatic nitrogens is 1. The molecule has 2 saturated heterocycles. The Morgan fingerprint density at radius 2 is 1.32 bits per heavy atom. The van der Waals surface area contributed by atoms with Crippen LogP contribution in [0.4, 0.5) is 17.1 Å². The Morgan fingerprint density at radius 1 is 0.726 bits per heavy atom. The molecule has 0 radical (unpaired) electrons. The summed E-state index contributed by atoms with van der Waals surface area (Å²) in [5.74, 6) is 2.58. The van der Waals surface area contributed by atoms with Gasteiger partial charge in [0.15, 0.2) is 6.54 Å². The number of piperidine rings is 2. The van der Waals surface area contributed by atoms with E-state index >= 15 is 0 Å². The largest absolute Gasteiger partial charge is 0.393 e. The second-order valence-electron chi connectivity index (χ2n) is 15.8. The van der Waals surface area contributed by atoms with Crippen molar-refractivity contribution in [2.24, 2.45) is 0 Å². The fourth-order valence-electron chi connectivity index (χ4n) is 7.72. The van der Waals surface area contributed by atoms with Crippen molar-refractivity contribution in [1.82, 2.24) is 10.6 Å². The molecule has 0 spiro atoms. The van der Waals surface area contributed by atoms with Crippen LogP contribution < -0.4 is 30.3 Å². The van der Waals surface area contributed by atoms with E-state index in [1.165, 1.54) is 21.8 Å². The number of rotatable bonds is 21. The summed E-state index contributed by atoms with van der Waals surface area (Å²) in [6.07, 6.45) is 9.26. The first-order valence-electron chi connectivity index (χ1n) is 21.9. The van der Waals surface area contributed by atoms with E-state index in [0.717, 1.165) is 108 Å². The number of hydrogen-bond acceptors (Lipinski definition) is 10. The zero-order chi connectivity index (χ0) is 42.9. The highest BCUT2D eigenvalue weighted by molar-refractivity contribution is 8.76. The molecular formula is C48H60N6O4S4+2. The monoisotopic (exact) mass is 912 g/mol. The van der Waals surface area contributed by atoms with Gasteiger partial charge in [-0.3, -0.25) is 9.59 Å². The number of aliphatic hydroxyl groups is 2. The quantitative estimate of drug-likeness (QED) is 0.0184. The van der Waals surface area contributed by atoms with Crippen LogP contribution in [-0.2, 0) is 22.6 Å². The van der Waals surface area contributed by atoms with Gasteiger partial charge in [0.1, 0.15) is 10.4 Å². The third-order valence-electron chi connectivity index (χ3n) is 11.2. The summed E-state index contributed by atoms with van der Waals surface area (Å²) in [5.41, 5.74) is 7.01. The maximum atomic E-state index is 13.1. The van der Waals surface area contributed by atoms with Crippen molar-refractivity contribution < 1.29 is 29.7 Å². The van der Waals surface area contributed by atoms with Crippen molar-refractivity contribution in [1.29, 1.82) is 0 Å². The molecular weight excluding hydrogens is 853 g/mol. The minimum Gasteiger partial charge on any atom is -0.393 e. The SMILES string of the molecule is O=C(C[NH2+]c1ccccc1SCCCc1ccc(N2CCC(O)CC2)cc1)NCCSSCCNC(=O)C[n+]1c(C=Cc2ccc(N3CCC(O)CC3)cc2)sc2ccccc21. The molecule has 14 heteroatoms. The summed E-state index contributed by atoms with van der Waals surface area (Å²) in [4.78, 5) is 31.7. The fraction of sp³-hybridized carbons (Fsp3) is 0.396. The number of hydrogen-bond donors (Lipinski definition) is 5. The predicted octanol–water partition coefficient (Wildman–Crippen LogP) is 6.52. The number of nitrogens with zero attached hydrogens (tertiary/aromatic N) is 3. The molecule has 328 valence electrons. The molecule has 0 atom stereocenters. The first-order valence-corrected chi connectivity index (χ1v) is 26.1. The number of amides is 2. The molecule has 4 aromatic carbocycles. The highest BCUT2D eigenvalue weighted by Crippen LogP contribution is 2.27. The highest BCUT2D eigenvalue weighted by Gasteiger charge is 2.22. The van der Waals surface area contributed by atoms with E-state index in [-0.39, 0.29) is 30.6 Å². The number of thioether (sulfide) groups is 1. The van der Waals surface area contributed by atoms with Gasteiger partial charge in [0.25, 0.3) is 16.8 Å². The highest BCUT2D eigenvalue weighted by atomic mass is 33.1. The smallest absolute Gasteiger partial charge is 0.286 e. The summed E-state index contributed by atoms with van der Waals surface area (Å²) in [5, 5.41) is 28.8. The molecule has 0 bridgehead atoms. The first kappa shape index (κ1) is 46.0. The molecule has 62 heavy (non-hydrogen) atoms. The summed E-state index contributed by atoms with van der Waals surface area (Å²) < 4.78 is 3.23.